The van der Waals surface area contributed by atoms with Crippen molar-refractivity contribution in [1.82, 2.24) is 14.9 Å². The van der Waals surface area contributed by atoms with Crippen LogP contribution in [-0.2, 0) is 4.52 Å². The Hall–Kier alpha value is -2.29. The monoisotopic (exact) mass is 500 g/mol. The molecule has 1 fully saturated rings. The number of hydrogen-bond donors (Lipinski definition) is 3. The van der Waals surface area contributed by atoms with Crippen LogP contribution < -0.4 is 4.72 Å². The number of carbonyl (C=O) groups is 1. The highest BCUT2D eigenvalue weighted by Crippen LogP contribution is 2.42. The number of aromatic nitrogens is 2. The molecule has 0 saturated carbocycles. The second-order valence-corrected chi connectivity index (χ2v) is 10.4. The summed E-state index contributed by atoms with van der Waals surface area (Å²) >= 11 is 1.45. The lowest BCUT2D eigenvalue weighted by Gasteiger charge is -2.42. The van der Waals surface area contributed by atoms with E-state index in [0.29, 0.717) is 37.4 Å². The van der Waals surface area contributed by atoms with E-state index in [1.54, 1.807) is 12.4 Å². The molecule has 10 heteroatoms. The first-order valence-electron chi connectivity index (χ1n) is 11.2. The van der Waals surface area contributed by atoms with Crippen molar-refractivity contribution in [2.24, 2.45) is 5.92 Å². The highest BCUT2D eigenvalue weighted by atomic mass is 32.2. The molecule has 1 amide bonds. The number of nitrogens with zero attached hydrogens (tertiary/aromatic N) is 3. The maximum atomic E-state index is 13.0. The Morgan fingerprint density at radius 2 is 1.85 bits per heavy atom. The van der Waals surface area contributed by atoms with Crippen LogP contribution in [0.15, 0.2) is 59.8 Å². The summed E-state index contributed by atoms with van der Waals surface area (Å²) in [6.07, 6.45) is 5.26. The molecule has 34 heavy (non-hydrogen) atoms. The Morgan fingerprint density at radius 1 is 1.15 bits per heavy atom. The third-order valence-electron chi connectivity index (χ3n) is 5.89. The number of piperidine rings is 1. The van der Waals surface area contributed by atoms with Gasteiger partial charge < -0.3 is 23.9 Å². The number of hydrogen-bond acceptors (Lipinski definition) is 8. The fourth-order valence-electron chi connectivity index (χ4n) is 4.39. The zero-order valence-electron chi connectivity index (χ0n) is 19.2. The van der Waals surface area contributed by atoms with Crippen LogP contribution in [0.2, 0.25) is 0 Å². The molecule has 1 saturated heterocycles. The molecule has 3 aromatic rings. The number of para-hydroxylation sites is 1. The van der Waals surface area contributed by atoms with Gasteiger partial charge in [-0.25, -0.2) is 0 Å². The van der Waals surface area contributed by atoms with Crippen LogP contribution in [0, 0.1) is 5.92 Å². The largest absolute Gasteiger partial charge is 0.338 e. The first-order valence-corrected chi connectivity index (χ1v) is 13.2. The second kappa shape index (κ2) is 11.0. The number of anilines is 1. The molecule has 4 rings (SSSR count). The SMILES string of the molecule is CC(C)CC1(OP(O)O)CCN(C(=O)c2ccc(NSc3cccc4nccnc34)cc2)CC1. The molecule has 1 aliphatic heterocycles. The molecule has 1 aromatic heterocycles. The number of rotatable bonds is 8. The van der Waals surface area contributed by atoms with Gasteiger partial charge in [0, 0.05) is 36.7 Å². The zero-order valence-corrected chi connectivity index (χ0v) is 20.9. The van der Waals surface area contributed by atoms with Gasteiger partial charge in [0.15, 0.2) is 0 Å². The molecule has 0 atom stereocenters. The molecule has 2 aromatic carbocycles. The molecule has 0 spiro atoms. The second-order valence-electron chi connectivity index (χ2n) is 8.88. The van der Waals surface area contributed by atoms with Crippen molar-refractivity contribution < 1.29 is 19.1 Å². The molecule has 3 N–H and O–H groups in total. The summed E-state index contributed by atoms with van der Waals surface area (Å²) in [5.41, 5.74) is 2.60. The van der Waals surface area contributed by atoms with Crippen molar-refractivity contribution in [2.45, 2.75) is 43.6 Å². The minimum Gasteiger partial charge on any atom is -0.338 e. The van der Waals surface area contributed by atoms with Gasteiger partial charge in [-0.3, -0.25) is 14.8 Å². The van der Waals surface area contributed by atoms with Crippen molar-refractivity contribution in [2.75, 3.05) is 17.8 Å². The highest BCUT2D eigenvalue weighted by Gasteiger charge is 2.39. The Kier molecular flexibility index (Phi) is 8.01. The van der Waals surface area contributed by atoms with E-state index in [-0.39, 0.29) is 5.91 Å². The lowest BCUT2D eigenvalue weighted by molar-refractivity contribution is -0.0173. The Labute approximate surface area is 204 Å². The molecular formula is C24H29N4O4PS. The molecular weight excluding hydrogens is 471 g/mol. The van der Waals surface area contributed by atoms with E-state index in [9.17, 15) is 14.6 Å². The van der Waals surface area contributed by atoms with Gasteiger partial charge in [-0.05, 0) is 73.5 Å². The summed E-state index contributed by atoms with van der Waals surface area (Å²) in [4.78, 5) is 43.4. The van der Waals surface area contributed by atoms with E-state index >= 15 is 0 Å². The maximum absolute atomic E-state index is 13.0. The van der Waals surface area contributed by atoms with Crippen molar-refractivity contribution in [3.8, 4) is 0 Å². The Bertz CT molecular complexity index is 1100. The number of benzene rings is 2. The fourth-order valence-corrected chi connectivity index (χ4v) is 5.76. The van der Waals surface area contributed by atoms with Crippen LogP contribution in [-0.4, -0.2) is 49.3 Å². The molecule has 0 unspecified atom stereocenters. The Morgan fingerprint density at radius 3 is 2.53 bits per heavy atom. The first kappa shape index (κ1) is 24.8. The van der Waals surface area contributed by atoms with E-state index < -0.39 is 14.2 Å². The molecule has 1 aliphatic rings. The van der Waals surface area contributed by atoms with Gasteiger partial charge in [0.05, 0.1) is 16.0 Å². The van der Waals surface area contributed by atoms with E-state index in [0.717, 1.165) is 28.0 Å². The summed E-state index contributed by atoms with van der Waals surface area (Å²) in [7, 11) is -2.43. The van der Waals surface area contributed by atoms with Gasteiger partial charge >= 0.3 is 8.60 Å². The molecule has 180 valence electrons. The van der Waals surface area contributed by atoms with Crippen LogP contribution in [0.4, 0.5) is 5.69 Å². The lowest BCUT2D eigenvalue weighted by atomic mass is 9.84. The normalized spacial score (nSPS) is 15.8. The Balaban J connectivity index is 1.36. The first-order chi connectivity index (χ1) is 16.3. The maximum Gasteiger partial charge on any atom is 0.327 e. The summed E-state index contributed by atoms with van der Waals surface area (Å²) in [6.45, 7) is 5.21. The van der Waals surface area contributed by atoms with Crippen LogP contribution in [0.3, 0.4) is 0 Å². The lowest BCUT2D eigenvalue weighted by Crippen LogP contribution is -2.48. The minimum atomic E-state index is -2.43. The average molecular weight is 501 g/mol. The molecule has 0 aliphatic carbocycles. The summed E-state index contributed by atoms with van der Waals surface area (Å²) in [5, 5.41) is 0. The van der Waals surface area contributed by atoms with E-state index in [2.05, 4.69) is 28.5 Å². The standard InChI is InChI=1S/C24H29N4O4PS/c1-17(2)16-24(32-33(30)31)10-14-28(15-11-24)23(29)18-6-8-19(9-7-18)27-34-21-5-3-4-20-22(21)26-13-12-25-20/h3-9,12-13,17,27,30-31H,10-11,14-16H2,1-2H3. The van der Waals surface area contributed by atoms with Crippen molar-refractivity contribution in [3.05, 3.63) is 60.4 Å². The molecule has 2 heterocycles. The fraction of sp³-hybridized carbons (Fsp3) is 0.375. The van der Waals surface area contributed by atoms with Gasteiger partial charge in [-0.2, -0.15) is 0 Å². The molecule has 0 bridgehead atoms. The highest BCUT2D eigenvalue weighted by molar-refractivity contribution is 8.00. The van der Waals surface area contributed by atoms with E-state index in [4.69, 9.17) is 4.52 Å². The third kappa shape index (κ3) is 6.03. The van der Waals surface area contributed by atoms with Gasteiger partial charge in [0.25, 0.3) is 5.91 Å². The van der Waals surface area contributed by atoms with Crippen molar-refractivity contribution in [3.63, 3.8) is 0 Å². The van der Waals surface area contributed by atoms with Crippen LogP contribution in [0.25, 0.3) is 11.0 Å². The number of amides is 1. The predicted molar refractivity (Wildman–Crippen MR) is 135 cm³/mol. The number of nitrogens with one attached hydrogen (secondary N) is 1. The van der Waals surface area contributed by atoms with Crippen molar-refractivity contribution >= 4 is 43.2 Å². The topological polar surface area (TPSA) is 108 Å². The summed E-state index contributed by atoms with van der Waals surface area (Å²) < 4.78 is 8.86. The van der Waals surface area contributed by atoms with Crippen LogP contribution in [0.5, 0.6) is 0 Å². The van der Waals surface area contributed by atoms with Gasteiger partial charge in [0.1, 0.15) is 5.52 Å². The molecule has 0 radical (unpaired) electrons. The van der Waals surface area contributed by atoms with Crippen LogP contribution in [0.1, 0.15) is 43.5 Å². The average Bonchev–Trinajstić information content (AvgIpc) is 2.82. The van der Waals surface area contributed by atoms with Gasteiger partial charge in [0.2, 0.25) is 0 Å². The smallest absolute Gasteiger partial charge is 0.327 e. The van der Waals surface area contributed by atoms with Crippen molar-refractivity contribution in [1.29, 1.82) is 0 Å². The zero-order chi connectivity index (χ0) is 24.1. The van der Waals surface area contributed by atoms with E-state index in [1.165, 1.54) is 11.9 Å². The number of carbonyl (C=O) groups excluding carboxylic acids is 1. The quantitative estimate of drug-likeness (QED) is 0.293. The summed E-state index contributed by atoms with van der Waals surface area (Å²) in [6, 6.07) is 13.3. The predicted octanol–water partition coefficient (Wildman–Crippen LogP) is 5.00. The van der Waals surface area contributed by atoms with E-state index in [1.807, 2.05) is 47.4 Å². The third-order valence-corrected chi connectivity index (χ3v) is 7.33. The summed E-state index contributed by atoms with van der Waals surface area (Å²) in [5.74, 6) is 0.327. The molecule has 8 nitrogen and oxygen atoms in total. The number of fused-ring (bicyclic) bond motifs is 1. The van der Waals surface area contributed by atoms with Crippen LogP contribution >= 0.6 is 20.6 Å². The van der Waals surface area contributed by atoms with Gasteiger partial charge in [-0.15, -0.1) is 0 Å². The number of likely N-dealkylation sites (tertiary alicyclic amines) is 1. The van der Waals surface area contributed by atoms with Gasteiger partial charge in [-0.1, -0.05) is 19.9 Å². The minimum absolute atomic E-state index is 0.0306.